The summed E-state index contributed by atoms with van der Waals surface area (Å²) in [5, 5.41) is 11.3. The van der Waals surface area contributed by atoms with E-state index in [-0.39, 0.29) is 0 Å². The number of hydrogen-bond acceptors (Lipinski definition) is 2. The van der Waals surface area contributed by atoms with E-state index in [0.717, 1.165) is 23.2 Å². The molecule has 0 atom stereocenters. The molecular weight excluding hydrogens is 304 g/mol. The molecule has 2 nitrogen and oxygen atoms in total. The zero-order chi connectivity index (χ0) is 18.1. The molecular formula is C23H26N2. The number of fused-ring (bicyclic) bond motifs is 2. The number of rotatable bonds is 2. The Kier molecular flexibility index (Phi) is 7.09. The van der Waals surface area contributed by atoms with Gasteiger partial charge in [-0.25, -0.2) is 0 Å². The molecule has 3 aromatic carbocycles. The largest absolute Gasteiger partial charge is 0.150 e. The first-order chi connectivity index (χ1) is 12.4. The van der Waals surface area contributed by atoms with E-state index in [9.17, 15) is 0 Å². The van der Waals surface area contributed by atoms with Crippen molar-refractivity contribution < 1.29 is 0 Å². The number of benzene rings is 3. The van der Waals surface area contributed by atoms with E-state index in [1.54, 1.807) is 0 Å². The van der Waals surface area contributed by atoms with Crippen LogP contribution in [0.4, 0.5) is 5.69 Å². The maximum Gasteiger partial charge on any atom is 0.0935 e. The highest BCUT2D eigenvalue weighted by molar-refractivity contribution is 5.92. The van der Waals surface area contributed by atoms with E-state index >= 15 is 0 Å². The van der Waals surface area contributed by atoms with Crippen LogP contribution in [0, 0.1) is 0 Å². The fourth-order valence-corrected chi connectivity index (χ4v) is 2.76. The first kappa shape index (κ1) is 18.6. The second-order valence-electron chi connectivity index (χ2n) is 5.15. The topological polar surface area (TPSA) is 24.7 Å². The minimum absolute atomic E-state index is 0.915. The van der Waals surface area contributed by atoms with Gasteiger partial charge in [0.05, 0.1) is 11.4 Å². The Morgan fingerprint density at radius 1 is 0.680 bits per heavy atom. The van der Waals surface area contributed by atoms with Gasteiger partial charge >= 0.3 is 0 Å². The highest BCUT2D eigenvalue weighted by atomic mass is 15.1. The second-order valence-corrected chi connectivity index (χ2v) is 5.15. The third-order valence-corrected chi connectivity index (χ3v) is 3.84. The smallest absolute Gasteiger partial charge is 0.0935 e. The van der Waals surface area contributed by atoms with Crippen LogP contribution < -0.4 is 0 Å². The van der Waals surface area contributed by atoms with Gasteiger partial charge in [-0.3, -0.25) is 0 Å². The van der Waals surface area contributed by atoms with Crippen molar-refractivity contribution in [3.05, 3.63) is 83.9 Å². The Labute approximate surface area is 150 Å². The van der Waals surface area contributed by atoms with E-state index in [4.69, 9.17) is 0 Å². The van der Waals surface area contributed by atoms with Gasteiger partial charge < -0.3 is 0 Å². The molecule has 3 aromatic rings. The third kappa shape index (κ3) is 4.21. The highest BCUT2D eigenvalue weighted by Gasteiger charge is 2.12. The van der Waals surface area contributed by atoms with E-state index in [2.05, 4.69) is 52.7 Å². The van der Waals surface area contributed by atoms with Crippen molar-refractivity contribution in [2.24, 2.45) is 10.2 Å². The minimum Gasteiger partial charge on any atom is -0.150 e. The fraction of sp³-hybridized carbons (Fsp3) is 0.217. The summed E-state index contributed by atoms with van der Waals surface area (Å²) in [7, 11) is 0. The van der Waals surface area contributed by atoms with Crippen LogP contribution in [0.25, 0.3) is 16.5 Å². The van der Waals surface area contributed by atoms with Gasteiger partial charge in [-0.1, -0.05) is 94.4 Å². The predicted octanol–water partition coefficient (Wildman–Crippen LogP) is 7.57. The van der Waals surface area contributed by atoms with Crippen LogP contribution in [-0.4, -0.2) is 0 Å². The summed E-state index contributed by atoms with van der Waals surface area (Å²) < 4.78 is 0. The average molecular weight is 330 g/mol. The summed E-state index contributed by atoms with van der Waals surface area (Å²) in [5.74, 6) is 0. The standard InChI is InChI=1S/C19H14N2.2C2H6/c1-3-9-16-14(6-1)8-5-11-18(16)20-21-19-13-12-15-7-2-4-10-17(15)19;2*1-2/h1-11,13H,12H2;2*1-2H3. The maximum absolute atomic E-state index is 4.47. The van der Waals surface area contributed by atoms with Crippen molar-refractivity contribution in [2.45, 2.75) is 34.1 Å². The summed E-state index contributed by atoms with van der Waals surface area (Å²) in [5.41, 5.74) is 4.41. The zero-order valence-corrected chi connectivity index (χ0v) is 15.5. The summed E-state index contributed by atoms with van der Waals surface area (Å²) >= 11 is 0. The molecule has 0 fully saturated rings. The second kappa shape index (κ2) is 9.53. The molecule has 4 rings (SSSR count). The van der Waals surface area contributed by atoms with Gasteiger partial charge in [-0.2, -0.15) is 5.11 Å². The Hall–Kier alpha value is -2.74. The van der Waals surface area contributed by atoms with Crippen LogP contribution in [0.3, 0.4) is 0 Å². The molecule has 0 N–H and O–H groups in total. The Bertz CT molecular complexity index is 871. The quantitative estimate of drug-likeness (QED) is 0.433. The summed E-state index contributed by atoms with van der Waals surface area (Å²) in [6.45, 7) is 8.00. The van der Waals surface area contributed by atoms with Gasteiger partial charge in [-0.15, -0.1) is 5.11 Å². The monoisotopic (exact) mass is 330 g/mol. The molecule has 0 spiro atoms. The van der Waals surface area contributed by atoms with E-state index < -0.39 is 0 Å². The van der Waals surface area contributed by atoms with Crippen molar-refractivity contribution in [3.8, 4) is 0 Å². The van der Waals surface area contributed by atoms with E-state index in [1.807, 2.05) is 58.0 Å². The summed E-state index contributed by atoms with van der Waals surface area (Å²) in [6, 6.07) is 22.7. The van der Waals surface area contributed by atoms with Crippen molar-refractivity contribution in [3.63, 3.8) is 0 Å². The van der Waals surface area contributed by atoms with Crippen LogP contribution in [0.2, 0.25) is 0 Å². The van der Waals surface area contributed by atoms with Gasteiger partial charge in [0, 0.05) is 10.9 Å². The van der Waals surface area contributed by atoms with Gasteiger partial charge in [0.15, 0.2) is 0 Å². The molecule has 0 radical (unpaired) electrons. The number of nitrogens with zero attached hydrogens (tertiary/aromatic N) is 2. The van der Waals surface area contributed by atoms with Crippen LogP contribution in [-0.2, 0) is 6.42 Å². The number of azo groups is 1. The Balaban J connectivity index is 0.000000528. The van der Waals surface area contributed by atoms with Crippen molar-refractivity contribution >= 4 is 22.2 Å². The molecule has 0 aliphatic heterocycles. The van der Waals surface area contributed by atoms with Crippen LogP contribution in [0.15, 0.2) is 83.0 Å². The lowest BCUT2D eigenvalue weighted by atomic mass is 10.1. The molecule has 0 amide bonds. The highest BCUT2D eigenvalue weighted by Crippen LogP contribution is 2.31. The SMILES string of the molecule is C1=C(N=Nc2cccc3ccccc23)c2ccccc2C1.CC.CC. The predicted molar refractivity (Wildman–Crippen MR) is 109 cm³/mol. The van der Waals surface area contributed by atoms with Gasteiger partial charge in [0.25, 0.3) is 0 Å². The molecule has 25 heavy (non-hydrogen) atoms. The minimum atomic E-state index is 0.915. The maximum atomic E-state index is 4.47. The number of allylic oxidation sites excluding steroid dienone is 1. The number of hydrogen-bond donors (Lipinski definition) is 0. The van der Waals surface area contributed by atoms with E-state index in [0.29, 0.717) is 0 Å². The zero-order valence-electron chi connectivity index (χ0n) is 15.5. The summed E-state index contributed by atoms with van der Waals surface area (Å²) in [6.07, 6.45) is 3.08. The molecule has 2 heteroatoms. The third-order valence-electron chi connectivity index (χ3n) is 3.84. The van der Waals surface area contributed by atoms with Crippen LogP contribution in [0.5, 0.6) is 0 Å². The van der Waals surface area contributed by atoms with Gasteiger partial charge in [0.2, 0.25) is 0 Å². The molecule has 128 valence electrons. The van der Waals surface area contributed by atoms with Crippen molar-refractivity contribution in [2.75, 3.05) is 0 Å². The summed E-state index contributed by atoms with van der Waals surface area (Å²) in [4.78, 5) is 0. The first-order valence-electron chi connectivity index (χ1n) is 9.10. The fourth-order valence-electron chi connectivity index (χ4n) is 2.76. The average Bonchev–Trinajstić information content (AvgIpc) is 3.13. The van der Waals surface area contributed by atoms with Gasteiger partial charge in [0.1, 0.15) is 0 Å². The lowest BCUT2D eigenvalue weighted by molar-refractivity contribution is 1.25. The first-order valence-corrected chi connectivity index (χ1v) is 9.10. The molecule has 1 aliphatic carbocycles. The molecule has 0 saturated heterocycles. The molecule has 1 aliphatic rings. The van der Waals surface area contributed by atoms with Crippen molar-refractivity contribution in [1.29, 1.82) is 0 Å². The van der Waals surface area contributed by atoms with Crippen LogP contribution >= 0.6 is 0 Å². The molecule has 0 saturated carbocycles. The van der Waals surface area contributed by atoms with Crippen molar-refractivity contribution in [1.82, 2.24) is 0 Å². The lowest BCUT2D eigenvalue weighted by Gasteiger charge is -2.01. The normalized spacial score (nSPS) is 11.9. The van der Waals surface area contributed by atoms with Gasteiger partial charge in [-0.05, 0) is 23.4 Å². The molecule has 0 aromatic heterocycles. The Morgan fingerprint density at radius 3 is 2.20 bits per heavy atom. The molecule has 0 bridgehead atoms. The molecule has 0 heterocycles. The van der Waals surface area contributed by atoms with Crippen LogP contribution in [0.1, 0.15) is 38.8 Å². The molecule has 0 unspecified atom stereocenters. The van der Waals surface area contributed by atoms with E-state index in [1.165, 1.54) is 16.5 Å². The lowest BCUT2D eigenvalue weighted by Crippen LogP contribution is -1.80. The Morgan fingerprint density at radius 2 is 1.36 bits per heavy atom.